The van der Waals surface area contributed by atoms with Crippen molar-refractivity contribution in [2.45, 2.75) is 277 Å². The Morgan fingerprint density at radius 1 is 0.515 bits per heavy atom. The van der Waals surface area contributed by atoms with Gasteiger partial charge in [0.15, 0.2) is 18.4 Å². The normalized spacial score (nSPS) is 17.9. The van der Waals surface area contributed by atoms with E-state index in [4.69, 9.17) is 23.7 Å². The molecule has 1 aliphatic rings. The number of alkyl carbamates (subject to hydrolysis) is 1. The molecule has 12 heteroatoms. The standard InChI is InChI=1S/C56H96N2O10/c1-6-8-10-12-14-16-18-20-22-24-26-28-30-32-34-39-43-58(51(62)42-38-33-31-29-27-25-23-21-19-17-15-13-11-9-7-2)55-52(57-56(63)65-44-49-40-36-35-37-41-49)54(67-48(5)61)53(66-47(4)60)50(68-55)45-64-46(3)59/h35-37,40-41,50,52-55H,6-34,38-39,42-45H2,1-5H3,(H,57,63)/t50-,52+,53+,54-,55-/m1/s1. The summed E-state index contributed by atoms with van der Waals surface area (Å²) in [4.78, 5) is 67.1. The first-order valence-corrected chi connectivity index (χ1v) is 27.5. The average Bonchev–Trinajstić information content (AvgIpc) is 3.31. The van der Waals surface area contributed by atoms with Crippen molar-refractivity contribution in [3.63, 3.8) is 0 Å². The number of carbonyl (C=O) groups excluding carboxylic acids is 5. The van der Waals surface area contributed by atoms with Crippen molar-refractivity contribution in [2.75, 3.05) is 13.2 Å². The van der Waals surface area contributed by atoms with Gasteiger partial charge in [-0.1, -0.05) is 230 Å². The lowest BCUT2D eigenvalue weighted by atomic mass is 9.94. The third kappa shape index (κ3) is 29.4. The Bertz CT molecular complexity index is 1460. The number of ether oxygens (including phenoxy) is 5. The lowest BCUT2D eigenvalue weighted by Crippen LogP contribution is -2.70. The van der Waals surface area contributed by atoms with Gasteiger partial charge in [0.1, 0.15) is 25.4 Å². The zero-order chi connectivity index (χ0) is 49.5. The van der Waals surface area contributed by atoms with Crippen LogP contribution in [-0.2, 0) is 49.5 Å². The minimum Gasteiger partial charge on any atom is -0.463 e. The van der Waals surface area contributed by atoms with Crippen molar-refractivity contribution in [2.24, 2.45) is 0 Å². The van der Waals surface area contributed by atoms with E-state index in [9.17, 15) is 24.0 Å². The van der Waals surface area contributed by atoms with Crippen LogP contribution < -0.4 is 5.32 Å². The fourth-order valence-electron chi connectivity index (χ4n) is 9.26. The minimum absolute atomic E-state index is 0.0351. The van der Waals surface area contributed by atoms with Crippen molar-refractivity contribution in [1.29, 1.82) is 0 Å². The molecule has 12 nitrogen and oxygen atoms in total. The van der Waals surface area contributed by atoms with Gasteiger partial charge in [-0.25, -0.2) is 4.79 Å². The lowest BCUT2D eigenvalue weighted by Gasteiger charge is -2.48. The van der Waals surface area contributed by atoms with Gasteiger partial charge in [0.25, 0.3) is 0 Å². The van der Waals surface area contributed by atoms with E-state index in [2.05, 4.69) is 19.2 Å². The van der Waals surface area contributed by atoms with Gasteiger partial charge in [0, 0.05) is 33.7 Å². The van der Waals surface area contributed by atoms with Crippen LogP contribution in [-0.4, -0.2) is 78.5 Å². The highest BCUT2D eigenvalue weighted by Crippen LogP contribution is 2.31. The van der Waals surface area contributed by atoms with E-state index < -0.39 is 54.6 Å². The maximum Gasteiger partial charge on any atom is 0.407 e. The fraction of sp³-hybridized carbons (Fsp3) is 0.804. The average molecular weight is 957 g/mol. The lowest BCUT2D eigenvalue weighted by molar-refractivity contribution is -0.245. The van der Waals surface area contributed by atoms with Crippen LogP contribution >= 0.6 is 0 Å². The van der Waals surface area contributed by atoms with E-state index in [1.165, 1.54) is 168 Å². The molecule has 1 heterocycles. The molecule has 390 valence electrons. The highest BCUT2D eigenvalue weighted by atomic mass is 16.6. The molecule has 1 saturated heterocycles. The number of hydrogen-bond acceptors (Lipinski definition) is 10. The second-order valence-corrected chi connectivity index (χ2v) is 19.3. The topological polar surface area (TPSA) is 147 Å². The van der Waals surface area contributed by atoms with Gasteiger partial charge >= 0.3 is 24.0 Å². The first-order chi connectivity index (χ1) is 33.1. The molecule has 1 fully saturated rings. The molecular weight excluding hydrogens is 861 g/mol. The molecule has 0 saturated carbocycles. The number of nitrogens with one attached hydrogen (secondary N) is 1. The predicted molar refractivity (Wildman–Crippen MR) is 271 cm³/mol. The molecule has 0 radical (unpaired) electrons. The van der Waals surface area contributed by atoms with Gasteiger partial charge in [-0.05, 0) is 18.4 Å². The van der Waals surface area contributed by atoms with Crippen LogP contribution in [0, 0.1) is 0 Å². The van der Waals surface area contributed by atoms with Crippen LogP contribution in [0.2, 0.25) is 0 Å². The van der Waals surface area contributed by atoms with Crippen LogP contribution in [0.3, 0.4) is 0 Å². The maximum absolute atomic E-state index is 14.5. The smallest absolute Gasteiger partial charge is 0.407 e. The van der Waals surface area contributed by atoms with Crippen molar-refractivity contribution in [3.8, 4) is 0 Å². The molecule has 0 aromatic heterocycles. The molecule has 1 aliphatic heterocycles. The predicted octanol–water partition coefficient (Wildman–Crippen LogP) is 13.8. The van der Waals surface area contributed by atoms with Crippen LogP contribution in [0.4, 0.5) is 4.79 Å². The first kappa shape index (κ1) is 60.5. The number of hydrogen-bond donors (Lipinski definition) is 1. The van der Waals surface area contributed by atoms with Gasteiger partial charge in [-0.3, -0.25) is 19.2 Å². The second kappa shape index (κ2) is 40.1. The zero-order valence-corrected chi connectivity index (χ0v) is 43.6. The van der Waals surface area contributed by atoms with Crippen molar-refractivity contribution in [1.82, 2.24) is 10.2 Å². The largest absolute Gasteiger partial charge is 0.463 e. The van der Waals surface area contributed by atoms with E-state index in [0.717, 1.165) is 44.1 Å². The molecule has 5 atom stereocenters. The number of unbranched alkanes of at least 4 members (excludes halogenated alkanes) is 29. The van der Waals surface area contributed by atoms with Gasteiger partial charge < -0.3 is 33.9 Å². The third-order valence-corrected chi connectivity index (χ3v) is 13.1. The van der Waals surface area contributed by atoms with Gasteiger partial charge in [-0.2, -0.15) is 0 Å². The Morgan fingerprint density at radius 3 is 1.35 bits per heavy atom. The quantitative estimate of drug-likeness (QED) is 0.0382. The molecule has 0 bridgehead atoms. The van der Waals surface area contributed by atoms with Gasteiger partial charge in [-0.15, -0.1) is 0 Å². The summed E-state index contributed by atoms with van der Waals surface area (Å²) in [7, 11) is 0. The maximum atomic E-state index is 14.5. The summed E-state index contributed by atoms with van der Waals surface area (Å²) in [5.74, 6) is -2.14. The summed E-state index contributed by atoms with van der Waals surface area (Å²) in [6.07, 6.45) is 32.2. The summed E-state index contributed by atoms with van der Waals surface area (Å²) in [5, 5.41) is 2.84. The van der Waals surface area contributed by atoms with Crippen LogP contribution in [0.1, 0.15) is 246 Å². The van der Waals surface area contributed by atoms with Gasteiger partial charge in [0.2, 0.25) is 5.91 Å². The Kier molecular flexibility index (Phi) is 35.6. The fourth-order valence-corrected chi connectivity index (χ4v) is 9.26. The Hall–Kier alpha value is -3.67. The molecule has 0 unspecified atom stereocenters. The number of rotatable bonds is 41. The molecule has 1 aromatic rings. The molecule has 0 aliphatic carbocycles. The number of amides is 2. The van der Waals surface area contributed by atoms with Gasteiger partial charge in [0.05, 0.1) is 0 Å². The second-order valence-electron chi connectivity index (χ2n) is 19.3. The summed E-state index contributed by atoms with van der Waals surface area (Å²) in [6, 6.07) is 8.00. The van der Waals surface area contributed by atoms with E-state index in [1.807, 2.05) is 30.3 Å². The van der Waals surface area contributed by atoms with E-state index in [0.29, 0.717) is 19.4 Å². The molecule has 1 aromatic carbocycles. The van der Waals surface area contributed by atoms with E-state index >= 15 is 0 Å². The molecule has 2 amide bonds. The molecule has 2 rings (SSSR count). The highest BCUT2D eigenvalue weighted by Gasteiger charge is 2.53. The molecule has 68 heavy (non-hydrogen) atoms. The summed E-state index contributed by atoms with van der Waals surface area (Å²) < 4.78 is 29.2. The monoisotopic (exact) mass is 957 g/mol. The highest BCUT2D eigenvalue weighted by molar-refractivity contribution is 5.77. The van der Waals surface area contributed by atoms with Crippen molar-refractivity contribution in [3.05, 3.63) is 35.9 Å². The Morgan fingerprint density at radius 2 is 0.926 bits per heavy atom. The Balaban J connectivity index is 2.15. The number of esters is 3. The molecular formula is C56H96N2O10. The van der Waals surface area contributed by atoms with E-state index in [-0.39, 0.29) is 25.5 Å². The zero-order valence-electron chi connectivity index (χ0n) is 43.6. The van der Waals surface area contributed by atoms with Crippen LogP contribution in [0.15, 0.2) is 30.3 Å². The first-order valence-electron chi connectivity index (χ1n) is 27.5. The van der Waals surface area contributed by atoms with Crippen LogP contribution in [0.25, 0.3) is 0 Å². The number of carbonyl (C=O) groups is 5. The summed E-state index contributed by atoms with van der Waals surface area (Å²) in [5.41, 5.74) is 0.763. The van der Waals surface area contributed by atoms with E-state index in [1.54, 1.807) is 4.90 Å². The Labute approximate surface area is 412 Å². The summed E-state index contributed by atoms with van der Waals surface area (Å²) >= 11 is 0. The number of benzene rings is 1. The SMILES string of the molecule is CCCCCCCCCCCCCCCCCCN(C(=O)CCCCCCCCCCCCCCCCC)[C@@H]1O[C@H](COC(C)=O)[C@H](OC(C)=O)[C@H](OC(C)=O)[C@@H]1NC(=O)OCc1ccccc1. The van der Waals surface area contributed by atoms with Crippen LogP contribution in [0.5, 0.6) is 0 Å². The third-order valence-electron chi connectivity index (χ3n) is 13.1. The summed E-state index contributed by atoms with van der Waals surface area (Å²) in [6.45, 7) is 8.15. The number of nitrogens with zero attached hydrogens (tertiary/aromatic N) is 1. The molecule has 1 N–H and O–H groups in total. The van der Waals surface area contributed by atoms with Crippen molar-refractivity contribution < 1.29 is 47.7 Å². The van der Waals surface area contributed by atoms with Crippen molar-refractivity contribution >= 4 is 29.9 Å². The minimum atomic E-state index is -1.31. The molecule has 0 spiro atoms.